The van der Waals surface area contributed by atoms with Crippen LogP contribution in [0.25, 0.3) is 0 Å². The second-order valence-corrected chi connectivity index (χ2v) is 5.27. The van der Waals surface area contributed by atoms with Crippen LogP contribution in [0.3, 0.4) is 0 Å². The fourth-order valence-electron chi connectivity index (χ4n) is 2.53. The van der Waals surface area contributed by atoms with E-state index in [-0.39, 0.29) is 11.9 Å². The van der Waals surface area contributed by atoms with Crippen molar-refractivity contribution in [2.75, 3.05) is 6.54 Å². The van der Waals surface area contributed by atoms with Gasteiger partial charge in [0.15, 0.2) is 0 Å². The van der Waals surface area contributed by atoms with Gasteiger partial charge in [-0.25, -0.2) is 4.39 Å². The van der Waals surface area contributed by atoms with Gasteiger partial charge in [0.2, 0.25) is 0 Å². The minimum atomic E-state index is -0.152. The van der Waals surface area contributed by atoms with Gasteiger partial charge in [-0.2, -0.15) is 0 Å². The molecule has 0 amide bonds. The van der Waals surface area contributed by atoms with Crippen molar-refractivity contribution in [1.29, 1.82) is 0 Å². The highest BCUT2D eigenvalue weighted by Gasteiger charge is 2.18. The van der Waals surface area contributed by atoms with Gasteiger partial charge in [0, 0.05) is 5.56 Å². The number of halogens is 1. The smallest absolute Gasteiger partial charge is 0.128 e. The van der Waals surface area contributed by atoms with Gasteiger partial charge in [0.25, 0.3) is 0 Å². The summed E-state index contributed by atoms with van der Waals surface area (Å²) in [6, 6.07) is 13.3. The summed E-state index contributed by atoms with van der Waals surface area (Å²) in [6.07, 6.45) is 1.02. The van der Waals surface area contributed by atoms with Crippen LogP contribution in [0.5, 0.6) is 0 Å². The van der Waals surface area contributed by atoms with Crippen LogP contribution in [-0.2, 0) is 0 Å². The van der Waals surface area contributed by atoms with E-state index < -0.39 is 0 Å². The first kappa shape index (κ1) is 14.7. The minimum Gasteiger partial charge on any atom is -0.306 e. The van der Waals surface area contributed by atoms with E-state index in [0.717, 1.165) is 18.5 Å². The Labute approximate surface area is 120 Å². The normalized spacial score (nSPS) is 12.4. The van der Waals surface area contributed by atoms with Crippen LogP contribution in [-0.4, -0.2) is 6.54 Å². The highest BCUT2D eigenvalue weighted by molar-refractivity contribution is 5.39. The van der Waals surface area contributed by atoms with Gasteiger partial charge in [0.05, 0.1) is 6.04 Å². The summed E-state index contributed by atoms with van der Waals surface area (Å²) in [5.41, 5.74) is 4.29. The van der Waals surface area contributed by atoms with Crippen LogP contribution in [0.4, 0.5) is 4.39 Å². The molecule has 0 radical (unpaired) electrons. The zero-order valence-electron chi connectivity index (χ0n) is 12.4. The van der Waals surface area contributed by atoms with Crippen LogP contribution in [0, 0.1) is 19.7 Å². The van der Waals surface area contributed by atoms with Gasteiger partial charge < -0.3 is 5.32 Å². The zero-order chi connectivity index (χ0) is 14.5. The standard InChI is InChI=1S/C18H22FN/c1-4-11-20-18(16-7-5-6-8-17(16)19)15-10-9-13(2)12-14(15)3/h5-10,12,18,20H,4,11H2,1-3H3. The first-order valence-electron chi connectivity index (χ1n) is 7.18. The predicted molar refractivity (Wildman–Crippen MR) is 82.5 cm³/mol. The molecule has 0 saturated heterocycles. The molecule has 1 unspecified atom stereocenters. The van der Waals surface area contributed by atoms with Crippen LogP contribution in [0.2, 0.25) is 0 Å². The Balaban J connectivity index is 2.44. The van der Waals surface area contributed by atoms with Crippen LogP contribution < -0.4 is 5.32 Å². The SMILES string of the molecule is CCCNC(c1ccc(C)cc1C)c1ccccc1F. The first-order valence-corrected chi connectivity index (χ1v) is 7.18. The maximum absolute atomic E-state index is 14.1. The predicted octanol–water partition coefficient (Wildman–Crippen LogP) is 4.53. The molecule has 0 saturated carbocycles. The summed E-state index contributed by atoms with van der Waals surface area (Å²) in [5, 5.41) is 3.46. The lowest BCUT2D eigenvalue weighted by atomic mass is 9.93. The molecule has 20 heavy (non-hydrogen) atoms. The lowest BCUT2D eigenvalue weighted by Crippen LogP contribution is -2.24. The Hall–Kier alpha value is -1.67. The first-order chi connectivity index (χ1) is 9.63. The van der Waals surface area contributed by atoms with Crippen LogP contribution in [0.15, 0.2) is 42.5 Å². The second-order valence-electron chi connectivity index (χ2n) is 5.27. The van der Waals surface area contributed by atoms with Crippen molar-refractivity contribution in [3.05, 3.63) is 70.5 Å². The molecule has 0 aliphatic heterocycles. The molecular formula is C18H22FN. The summed E-state index contributed by atoms with van der Waals surface area (Å²) < 4.78 is 14.1. The Bertz CT molecular complexity index is 577. The molecule has 0 aromatic heterocycles. The fourth-order valence-corrected chi connectivity index (χ4v) is 2.53. The quantitative estimate of drug-likeness (QED) is 0.842. The number of aryl methyl sites for hydroxylation is 2. The molecule has 106 valence electrons. The summed E-state index contributed by atoms with van der Waals surface area (Å²) in [7, 11) is 0. The van der Waals surface area contributed by atoms with E-state index in [4.69, 9.17) is 0 Å². The van der Waals surface area contributed by atoms with Crippen molar-refractivity contribution < 1.29 is 4.39 Å². The van der Waals surface area contributed by atoms with Gasteiger partial charge in [-0.1, -0.05) is 48.9 Å². The van der Waals surface area contributed by atoms with Gasteiger partial charge >= 0.3 is 0 Å². The van der Waals surface area contributed by atoms with Gasteiger partial charge in [-0.05, 0) is 44.0 Å². The highest BCUT2D eigenvalue weighted by Crippen LogP contribution is 2.27. The van der Waals surface area contributed by atoms with Crippen LogP contribution in [0.1, 0.15) is 41.6 Å². The lowest BCUT2D eigenvalue weighted by molar-refractivity contribution is 0.545. The number of hydrogen-bond acceptors (Lipinski definition) is 1. The number of nitrogens with one attached hydrogen (secondary N) is 1. The number of rotatable bonds is 5. The van der Waals surface area contributed by atoms with Crippen molar-refractivity contribution in [1.82, 2.24) is 5.32 Å². The molecule has 0 bridgehead atoms. The van der Waals surface area contributed by atoms with E-state index in [0.29, 0.717) is 5.56 Å². The van der Waals surface area contributed by atoms with Crippen molar-refractivity contribution in [3.63, 3.8) is 0 Å². The topological polar surface area (TPSA) is 12.0 Å². The maximum atomic E-state index is 14.1. The highest BCUT2D eigenvalue weighted by atomic mass is 19.1. The molecular weight excluding hydrogens is 249 g/mol. The van der Waals surface area contributed by atoms with Crippen molar-refractivity contribution in [2.45, 2.75) is 33.2 Å². The van der Waals surface area contributed by atoms with E-state index in [2.05, 4.69) is 44.3 Å². The van der Waals surface area contributed by atoms with Gasteiger partial charge in [-0.3, -0.25) is 0 Å². The average molecular weight is 271 g/mol. The largest absolute Gasteiger partial charge is 0.306 e. The molecule has 1 N–H and O–H groups in total. The van der Waals surface area contributed by atoms with Gasteiger partial charge in [-0.15, -0.1) is 0 Å². The molecule has 2 aromatic rings. The van der Waals surface area contributed by atoms with Crippen LogP contribution >= 0.6 is 0 Å². The van der Waals surface area contributed by atoms with E-state index in [1.165, 1.54) is 17.2 Å². The third-order valence-electron chi connectivity index (χ3n) is 3.55. The Kier molecular flexibility index (Phi) is 4.91. The van der Waals surface area contributed by atoms with E-state index >= 15 is 0 Å². The van der Waals surface area contributed by atoms with Crippen molar-refractivity contribution >= 4 is 0 Å². The minimum absolute atomic E-state index is 0.0863. The molecule has 0 fully saturated rings. The Morgan fingerprint density at radius 3 is 2.45 bits per heavy atom. The molecule has 0 aliphatic carbocycles. The summed E-state index contributed by atoms with van der Waals surface area (Å²) >= 11 is 0. The third-order valence-corrected chi connectivity index (χ3v) is 3.55. The summed E-state index contributed by atoms with van der Waals surface area (Å²) in [4.78, 5) is 0. The van der Waals surface area contributed by atoms with E-state index in [1.807, 2.05) is 12.1 Å². The summed E-state index contributed by atoms with van der Waals surface area (Å²) in [6.45, 7) is 7.15. The molecule has 1 atom stereocenters. The Morgan fingerprint density at radius 2 is 1.80 bits per heavy atom. The molecule has 2 rings (SSSR count). The average Bonchev–Trinajstić information content (AvgIpc) is 2.42. The van der Waals surface area contributed by atoms with E-state index in [9.17, 15) is 4.39 Å². The fraction of sp³-hybridized carbons (Fsp3) is 0.333. The lowest BCUT2D eigenvalue weighted by Gasteiger charge is -2.22. The zero-order valence-corrected chi connectivity index (χ0v) is 12.4. The second kappa shape index (κ2) is 6.67. The van der Waals surface area contributed by atoms with E-state index in [1.54, 1.807) is 6.07 Å². The van der Waals surface area contributed by atoms with Crippen molar-refractivity contribution in [2.24, 2.45) is 0 Å². The number of hydrogen-bond donors (Lipinski definition) is 1. The van der Waals surface area contributed by atoms with Gasteiger partial charge in [0.1, 0.15) is 5.82 Å². The summed E-state index contributed by atoms with van der Waals surface area (Å²) in [5.74, 6) is -0.152. The molecule has 0 heterocycles. The molecule has 0 spiro atoms. The molecule has 2 aromatic carbocycles. The monoisotopic (exact) mass is 271 g/mol. The molecule has 0 aliphatic rings. The molecule has 1 nitrogen and oxygen atoms in total. The number of benzene rings is 2. The molecule has 2 heteroatoms. The maximum Gasteiger partial charge on any atom is 0.128 e. The van der Waals surface area contributed by atoms with Crippen molar-refractivity contribution in [3.8, 4) is 0 Å². The third kappa shape index (κ3) is 3.26. The Morgan fingerprint density at radius 1 is 1.05 bits per heavy atom.